The molecule has 18 heavy (non-hydrogen) atoms. The standard InChI is InChI=1S/C14H13ClFNS/c1-17-9-12-13(15)6-3-7-14(12)18-11-5-2-4-10(16)8-11/h2-8,17H,9H2,1H3. The summed E-state index contributed by atoms with van der Waals surface area (Å²) in [5.41, 5.74) is 1.04. The zero-order chi connectivity index (χ0) is 13.0. The van der Waals surface area contributed by atoms with Gasteiger partial charge in [0, 0.05) is 21.4 Å². The molecule has 0 unspecified atom stereocenters. The highest BCUT2D eigenvalue weighted by atomic mass is 35.5. The summed E-state index contributed by atoms with van der Waals surface area (Å²) < 4.78 is 13.1. The molecule has 0 aliphatic carbocycles. The van der Waals surface area contributed by atoms with Crippen molar-refractivity contribution in [1.82, 2.24) is 5.32 Å². The van der Waals surface area contributed by atoms with Crippen LogP contribution in [0.25, 0.3) is 0 Å². The van der Waals surface area contributed by atoms with E-state index in [1.165, 1.54) is 23.9 Å². The van der Waals surface area contributed by atoms with E-state index < -0.39 is 0 Å². The molecule has 0 aromatic heterocycles. The molecule has 1 N–H and O–H groups in total. The molecule has 0 spiro atoms. The topological polar surface area (TPSA) is 12.0 Å². The van der Waals surface area contributed by atoms with Gasteiger partial charge in [-0.3, -0.25) is 0 Å². The molecule has 0 aliphatic rings. The van der Waals surface area contributed by atoms with Crippen molar-refractivity contribution in [1.29, 1.82) is 0 Å². The van der Waals surface area contributed by atoms with Gasteiger partial charge < -0.3 is 5.32 Å². The molecule has 0 fully saturated rings. The lowest BCUT2D eigenvalue weighted by atomic mass is 10.2. The molecule has 4 heteroatoms. The van der Waals surface area contributed by atoms with Crippen LogP contribution in [-0.4, -0.2) is 7.05 Å². The predicted octanol–water partition coefficient (Wildman–Crippen LogP) is 4.35. The van der Waals surface area contributed by atoms with Crippen LogP contribution < -0.4 is 5.32 Å². The first-order valence-electron chi connectivity index (χ1n) is 5.56. The Morgan fingerprint density at radius 3 is 2.72 bits per heavy atom. The van der Waals surface area contributed by atoms with Crippen molar-refractivity contribution in [3.05, 3.63) is 58.9 Å². The van der Waals surface area contributed by atoms with Crippen molar-refractivity contribution >= 4 is 23.4 Å². The van der Waals surface area contributed by atoms with E-state index in [2.05, 4.69) is 5.32 Å². The third-order valence-corrected chi connectivity index (χ3v) is 3.90. The lowest BCUT2D eigenvalue weighted by Gasteiger charge is -2.10. The monoisotopic (exact) mass is 281 g/mol. The van der Waals surface area contributed by atoms with Crippen molar-refractivity contribution < 1.29 is 4.39 Å². The lowest BCUT2D eigenvalue weighted by Crippen LogP contribution is -2.06. The molecule has 94 valence electrons. The van der Waals surface area contributed by atoms with E-state index in [-0.39, 0.29) is 5.82 Å². The molecule has 0 saturated heterocycles. The smallest absolute Gasteiger partial charge is 0.124 e. The van der Waals surface area contributed by atoms with Gasteiger partial charge in [0.25, 0.3) is 0 Å². The second kappa shape index (κ2) is 6.23. The zero-order valence-electron chi connectivity index (χ0n) is 9.91. The highest BCUT2D eigenvalue weighted by Crippen LogP contribution is 2.33. The molecule has 0 atom stereocenters. The fourth-order valence-corrected chi connectivity index (χ4v) is 2.96. The van der Waals surface area contributed by atoms with Gasteiger partial charge in [-0.2, -0.15) is 0 Å². The molecule has 2 rings (SSSR count). The molecule has 0 bridgehead atoms. The van der Waals surface area contributed by atoms with Crippen LogP contribution in [-0.2, 0) is 6.54 Å². The van der Waals surface area contributed by atoms with Crippen molar-refractivity contribution in [2.24, 2.45) is 0 Å². The van der Waals surface area contributed by atoms with Crippen LogP contribution >= 0.6 is 23.4 Å². The second-order valence-electron chi connectivity index (χ2n) is 3.81. The normalized spacial score (nSPS) is 10.6. The van der Waals surface area contributed by atoms with Gasteiger partial charge in [-0.1, -0.05) is 35.5 Å². The maximum absolute atomic E-state index is 13.1. The van der Waals surface area contributed by atoms with Crippen LogP contribution in [0, 0.1) is 5.82 Å². The summed E-state index contributed by atoms with van der Waals surface area (Å²) in [7, 11) is 1.87. The average molecular weight is 282 g/mol. The Morgan fingerprint density at radius 1 is 1.22 bits per heavy atom. The molecule has 2 aromatic rings. The summed E-state index contributed by atoms with van der Waals surface area (Å²) in [5.74, 6) is -0.225. The van der Waals surface area contributed by atoms with Crippen LogP contribution in [0.15, 0.2) is 52.3 Å². The Morgan fingerprint density at radius 2 is 2.00 bits per heavy atom. The highest BCUT2D eigenvalue weighted by molar-refractivity contribution is 7.99. The van der Waals surface area contributed by atoms with Gasteiger partial charge in [0.05, 0.1) is 0 Å². The highest BCUT2D eigenvalue weighted by Gasteiger charge is 2.08. The molecule has 0 heterocycles. The van der Waals surface area contributed by atoms with Gasteiger partial charge in [0.1, 0.15) is 5.82 Å². The SMILES string of the molecule is CNCc1c(Cl)cccc1Sc1cccc(F)c1. The molecule has 0 amide bonds. The summed E-state index contributed by atoms with van der Waals surface area (Å²) in [6.07, 6.45) is 0. The summed E-state index contributed by atoms with van der Waals surface area (Å²) in [6, 6.07) is 12.3. The largest absolute Gasteiger partial charge is 0.316 e. The fraction of sp³-hybridized carbons (Fsp3) is 0.143. The van der Waals surface area contributed by atoms with E-state index in [0.29, 0.717) is 6.54 Å². The quantitative estimate of drug-likeness (QED) is 0.894. The maximum Gasteiger partial charge on any atom is 0.124 e. The third-order valence-electron chi connectivity index (χ3n) is 2.45. The van der Waals surface area contributed by atoms with Crippen LogP contribution in [0.2, 0.25) is 5.02 Å². The van der Waals surface area contributed by atoms with Crippen LogP contribution in [0.5, 0.6) is 0 Å². The van der Waals surface area contributed by atoms with Gasteiger partial charge in [-0.25, -0.2) is 4.39 Å². The third kappa shape index (κ3) is 3.25. The first-order chi connectivity index (χ1) is 8.70. The van der Waals surface area contributed by atoms with Crippen molar-refractivity contribution in [2.75, 3.05) is 7.05 Å². The second-order valence-corrected chi connectivity index (χ2v) is 5.33. The Balaban J connectivity index is 2.31. The molecule has 1 nitrogen and oxygen atoms in total. The van der Waals surface area contributed by atoms with Gasteiger partial charge >= 0.3 is 0 Å². The van der Waals surface area contributed by atoms with E-state index in [4.69, 9.17) is 11.6 Å². The average Bonchev–Trinajstić information content (AvgIpc) is 2.34. The maximum atomic E-state index is 13.1. The predicted molar refractivity (Wildman–Crippen MR) is 74.7 cm³/mol. The fourth-order valence-electron chi connectivity index (χ4n) is 1.64. The van der Waals surface area contributed by atoms with Gasteiger partial charge in [-0.15, -0.1) is 0 Å². The van der Waals surface area contributed by atoms with E-state index in [1.807, 2.05) is 31.3 Å². The minimum atomic E-state index is -0.225. The number of halogens is 2. The van der Waals surface area contributed by atoms with Gasteiger partial charge in [-0.05, 0) is 42.9 Å². The zero-order valence-corrected chi connectivity index (χ0v) is 11.5. The summed E-state index contributed by atoms with van der Waals surface area (Å²) in [6.45, 7) is 0.692. The van der Waals surface area contributed by atoms with E-state index in [0.717, 1.165) is 20.4 Å². The van der Waals surface area contributed by atoms with E-state index in [1.54, 1.807) is 6.07 Å². The van der Waals surface area contributed by atoms with E-state index in [9.17, 15) is 4.39 Å². The molecule has 2 aromatic carbocycles. The Hall–Kier alpha value is -1.03. The first-order valence-corrected chi connectivity index (χ1v) is 6.75. The van der Waals surface area contributed by atoms with Crippen LogP contribution in [0.4, 0.5) is 4.39 Å². The summed E-state index contributed by atoms with van der Waals surface area (Å²) >= 11 is 7.70. The van der Waals surface area contributed by atoms with Crippen LogP contribution in [0.1, 0.15) is 5.56 Å². The van der Waals surface area contributed by atoms with Crippen molar-refractivity contribution in [3.63, 3.8) is 0 Å². The Labute approximate surface area is 115 Å². The van der Waals surface area contributed by atoms with Crippen LogP contribution in [0.3, 0.4) is 0 Å². The van der Waals surface area contributed by atoms with Crippen molar-refractivity contribution in [3.8, 4) is 0 Å². The first kappa shape index (κ1) is 13.4. The number of hydrogen-bond donors (Lipinski definition) is 1. The molecular formula is C14H13ClFNS. The number of benzene rings is 2. The Kier molecular flexibility index (Phi) is 4.64. The van der Waals surface area contributed by atoms with E-state index >= 15 is 0 Å². The van der Waals surface area contributed by atoms with Gasteiger partial charge in [0.2, 0.25) is 0 Å². The lowest BCUT2D eigenvalue weighted by molar-refractivity contribution is 0.624. The molecule has 0 aliphatic heterocycles. The molecular weight excluding hydrogens is 269 g/mol. The minimum Gasteiger partial charge on any atom is -0.316 e. The molecule has 0 saturated carbocycles. The number of rotatable bonds is 4. The number of nitrogens with one attached hydrogen (secondary N) is 1. The van der Waals surface area contributed by atoms with Gasteiger partial charge in [0.15, 0.2) is 0 Å². The summed E-state index contributed by atoms with van der Waals surface area (Å²) in [5, 5.41) is 3.82. The minimum absolute atomic E-state index is 0.225. The number of hydrogen-bond acceptors (Lipinski definition) is 2. The van der Waals surface area contributed by atoms with Crippen molar-refractivity contribution in [2.45, 2.75) is 16.3 Å². The summed E-state index contributed by atoms with van der Waals surface area (Å²) in [4.78, 5) is 1.91. The Bertz CT molecular complexity index is 545. The molecule has 0 radical (unpaired) electrons.